The average molecular weight is 285 g/mol. The first-order valence-electron chi connectivity index (χ1n) is 4.84. The minimum Gasteiger partial charge on any atom is -0.548 e. The van der Waals surface area contributed by atoms with E-state index in [4.69, 9.17) is 15.3 Å². The number of hydrogen-bond donors (Lipinski definition) is 3. The van der Waals surface area contributed by atoms with Crippen LogP contribution in [0.1, 0.15) is 12.8 Å². The average Bonchev–Trinajstić information content (AvgIpc) is 2.14. The molecule has 0 saturated heterocycles. The second-order valence-electron chi connectivity index (χ2n) is 3.46. The van der Waals surface area contributed by atoms with Crippen molar-refractivity contribution in [1.82, 2.24) is 4.90 Å². The van der Waals surface area contributed by atoms with Gasteiger partial charge < -0.3 is 25.2 Å². The van der Waals surface area contributed by atoms with E-state index in [1.807, 2.05) is 0 Å². The molecule has 0 saturated carbocycles. The molecule has 0 unspecified atom stereocenters. The van der Waals surface area contributed by atoms with Gasteiger partial charge in [0.05, 0.1) is 25.1 Å². The molecule has 0 heterocycles. The third-order valence-electron chi connectivity index (χ3n) is 2.02. The summed E-state index contributed by atoms with van der Waals surface area (Å²) in [4.78, 5) is 42.7. The van der Waals surface area contributed by atoms with Crippen molar-refractivity contribution in [2.45, 2.75) is 18.9 Å². The van der Waals surface area contributed by atoms with Gasteiger partial charge in [-0.15, -0.1) is 0 Å². The second-order valence-corrected chi connectivity index (χ2v) is 3.46. The summed E-state index contributed by atoms with van der Waals surface area (Å²) >= 11 is 0. The first kappa shape index (κ1) is 20.2. The van der Waals surface area contributed by atoms with Crippen molar-refractivity contribution in [3.8, 4) is 0 Å². The predicted molar refractivity (Wildman–Crippen MR) is 52.5 cm³/mol. The molecule has 0 rings (SSSR count). The molecule has 0 aliphatic heterocycles. The Balaban J connectivity index is 0. The summed E-state index contributed by atoms with van der Waals surface area (Å²) in [5.74, 6) is -5.82. The Labute approximate surface area is 130 Å². The van der Waals surface area contributed by atoms with Gasteiger partial charge in [-0.25, -0.2) is 0 Å². The van der Waals surface area contributed by atoms with Crippen LogP contribution < -0.4 is 34.7 Å². The SMILES string of the molecule is O=C(O)CC[C@@H](C(=O)[O-])N(CC(=O)O)CC(=O)O.[Na+]. The van der Waals surface area contributed by atoms with Crippen molar-refractivity contribution in [2.75, 3.05) is 13.1 Å². The zero-order chi connectivity index (χ0) is 14.3. The van der Waals surface area contributed by atoms with Crippen molar-refractivity contribution >= 4 is 23.9 Å². The number of carboxylic acids is 4. The van der Waals surface area contributed by atoms with Gasteiger partial charge in [-0.3, -0.25) is 19.3 Å². The standard InChI is InChI=1S/C9H13NO8.Na/c11-6(12)2-1-5(9(17)18)10(3-7(13)14)4-8(15)16;/h5H,1-4H2,(H,11,12)(H,13,14)(H,15,16)(H,17,18);/q;+1/p-1/t5-;/m0./s1. The maximum absolute atomic E-state index is 10.8. The van der Waals surface area contributed by atoms with E-state index in [1.54, 1.807) is 0 Å². The Morgan fingerprint density at radius 3 is 1.63 bits per heavy atom. The molecular formula is C9H12NNaO8. The van der Waals surface area contributed by atoms with E-state index in [2.05, 4.69) is 0 Å². The van der Waals surface area contributed by atoms with Gasteiger partial charge in [-0.2, -0.15) is 0 Å². The molecule has 0 aliphatic carbocycles. The topological polar surface area (TPSA) is 155 Å². The first-order valence-corrected chi connectivity index (χ1v) is 4.84. The predicted octanol–water partition coefficient (Wildman–Crippen LogP) is -5.56. The number of carbonyl (C=O) groups is 4. The molecule has 0 fully saturated rings. The van der Waals surface area contributed by atoms with E-state index < -0.39 is 55.9 Å². The molecule has 102 valence electrons. The summed E-state index contributed by atoms with van der Waals surface area (Å²) in [6.45, 7) is -1.66. The van der Waals surface area contributed by atoms with Crippen LogP contribution in [0.25, 0.3) is 0 Å². The molecule has 0 radical (unpaired) electrons. The van der Waals surface area contributed by atoms with Crippen molar-refractivity contribution in [3.63, 3.8) is 0 Å². The fourth-order valence-electron chi connectivity index (χ4n) is 1.33. The van der Waals surface area contributed by atoms with Crippen LogP contribution in [0, 0.1) is 0 Å². The minimum absolute atomic E-state index is 0. The molecule has 19 heavy (non-hydrogen) atoms. The van der Waals surface area contributed by atoms with Gasteiger partial charge in [-0.1, -0.05) is 0 Å². The Bertz CT molecular complexity index is 342. The zero-order valence-electron chi connectivity index (χ0n) is 10.2. The summed E-state index contributed by atoms with van der Waals surface area (Å²) < 4.78 is 0. The normalized spacial score (nSPS) is 11.4. The number of carbonyl (C=O) groups excluding carboxylic acids is 1. The van der Waals surface area contributed by atoms with Gasteiger partial charge in [0, 0.05) is 6.42 Å². The van der Waals surface area contributed by atoms with E-state index >= 15 is 0 Å². The molecule has 10 heteroatoms. The van der Waals surface area contributed by atoms with Crippen molar-refractivity contribution in [3.05, 3.63) is 0 Å². The Hall–Kier alpha value is -1.16. The van der Waals surface area contributed by atoms with E-state index in [-0.39, 0.29) is 29.6 Å². The van der Waals surface area contributed by atoms with Crippen molar-refractivity contribution in [2.24, 2.45) is 0 Å². The van der Waals surface area contributed by atoms with Crippen molar-refractivity contribution < 1.29 is 69.2 Å². The van der Waals surface area contributed by atoms with E-state index in [9.17, 15) is 24.3 Å². The molecule has 1 atom stereocenters. The molecule has 0 spiro atoms. The van der Waals surface area contributed by atoms with Gasteiger partial charge in [0.25, 0.3) is 0 Å². The first-order chi connectivity index (χ1) is 8.23. The third-order valence-corrected chi connectivity index (χ3v) is 2.02. The number of aliphatic carboxylic acids is 4. The van der Waals surface area contributed by atoms with E-state index in [1.165, 1.54) is 0 Å². The zero-order valence-corrected chi connectivity index (χ0v) is 12.2. The van der Waals surface area contributed by atoms with Gasteiger partial charge in [0.1, 0.15) is 0 Å². The van der Waals surface area contributed by atoms with Crippen LogP contribution >= 0.6 is 0 Å². The Morgan fingerprint density at radius 1 is 0.947 bits per heavy atom. The molecule has 9 nitrogen and oxygen atoms in total. The second kappa shape index (κ2) is 9.73. The molecule has 3 N–H and O–H groups in total. The smallest absolute Gasteiger partial charge is 0.548 e. The van der Waals surface area contributed by atoms with Gasteiger partial charge in [0.2, 0.25) is 0 Å². The van der Waals surface area contributed by atoms with Crippen LogP contribution in [0.2, 0.25) is 0 Å². The van der Waals surface area contributed by atoms with Gasteiger partial charge in [0.15, 0.2) is 0 Å². The molecule has 0 aromatic heterocycles. The molecule has 0 aromatic rings. The number of hydrogen-bond acceptors (Lipinski definition) is 6. The quantitative estimate of drug-likeness (QED) is 0.351. The monoisotopic (exact) mass is 285 g/mol. The van der Waals surface area contributed by atoms with Crippen LogP contribution in [-0.2, 0) is 19.2 Å². The summed E-state index contributed by atoms with van der Waals surface area (Å²) in [6.07, 6.45) is -0.966. The fourth-order valence-corrected chi connectivity index (χ4v) is 1.33. The summed E-state index contributed by atoms with van der Waals surface area (Å²) in [6, 6.07) is -1.58. The number of carboxylic acid groups (broad SMARTS) is 4. The largest absolute Gasteiger partial charge is 1.00 e. The fraction of sp³-hybridized carbons (Fsp3) is 0.556. The van der Waals surface area contributed by atoms with E-state index in [0.717, 1.165) is 0 Å². The summed E-state index contributed by atoms with van der Waals surface area (Å²) in [7, 11) is 0. The summed E-state index contributed by atoms with van der Waals surface area (Å²) in [5, 5.41) is 36.3. The minimum atomic E-state index is -1.71. The Kier molecular flexibility index (Phi) is 10.3. The maximum Gasteiger partial charge on any atom is 1.00 e. The van der Waals surface area contributed by atoms with Crippen molar-refractivity contribution in [1.29, 1.82) is 0 Å². The number of rotatable bonds is 9. The van der Waals surface area contributed by atoms with Crippen LogP contribution in [0.4, 0.5) is 0 Å². The number of nitrogens with zero attached hydrogens (tertiary/aromatic N) is 1. The van der Waals surface area contributed by atoms with Crippen LogP contribution in [0.15, 0.2) is 0 Å². The van der Waals surface area contributed by atoms with E-state index in [0.29, 0.717) is 4.90 Å². The maximum atomic E-state index is 10.8. The molecule has 0 aromatic carbocycles. The van der Waals surface area contributed by atoms with Crippen LogP contribution in [0.3, 0.4) is 0 Å². The summed E-state index contributed by atoms with van der Waals surface area (Å²) in [5.41, 5.74) is 0. The molecule has 0 aliphatic rings. The molecular weight excluding hydrogens is 273 g/mol. The molecule has 0 bridgehead atoms. The van der Waals surface area contributed by atoms with Gasteiger partial charge >= 0.3 is 47.5 Å². The van der Waals surface area contributed by atoms with Gasteiger partial charge in [-0.05, 0) is 6.42 Å². The molecule has 0 amide bonds. The Morgan fingerprint density at radius 2 is 1.37 bits per heavy atom. The van der Waals surface area contributed by atoms with Crippen LogP contribution in [-0.4, -0.2) is 63.2 Å². The third kappa shape index (κ3) is 9.42. The van der Waals surface area contributed by atoms with Crippen LogP contribution in [0.5, 0.6) is 0 Å².